The molecule has 3 aromatic rings. The van der Waals surface area contributed by atoms with Gasteiger partial charge in [-0.2, -0.15) is 0 Å². The van der Waals surface area contributed by atoms with Gasteiger partial charge in [0.2, 0.25) is 0 Å². The highest BCUT2D eigenvalue weighted by Gasteiger charge is 2.22. The normalized spacial score (nSPS) is 15.3. The van der Waals surface area contributed by atoms with E-state index in [-0.39, 0.29) is 5.91 Å². The van der Waals surface area contributed by atoms with Crippen LogP contribution in [0.1, 0.15) is 16.9 Å². The highest BCUT2D eigenvalue weighted by atomic mass is 32.2. The van der Waals surface area contributed by atoms with Crippen LogP contribution in [-0.4, -0.2) is 20.2 Å². The van der Waals surface area contributed by atoms with Gasteiger partial charge in [0.25, 0.3) is 5.91 Å². The fourth-order valence-electron chi connectivity index (χ4n) is 2.27. The van der Waals surface area contributed by atoms with Gasteiger partial charge in [-0.05, 0) is 18.2 Å². The molecule has 120 valence electrons. The van der Waals surface area contributed by atoms with Crippen molar-refractivity contribution in [1.82, 2.24) is 15.3 Å². The standard InChI is InChI=1S/C18H9N3O2S2/c22-17-15(25-18(24)21-17)7-14-6-13-10-20-9-12(16(13)23-14)4-3-11-2-1-5-19-8-11/h1-2,5-10H,(H,21,22,24)/b15-7+. The van der Waals surface area contributed by atoms with Gasteiger partial charge >= 0.3 is 0 Å². The molecule has 0 unspecified atom stereocenters. The SMILES string of the molecule is O=C1NC(=S)S/C1=C/c1cc2cncc(C#Cc3cccnc3)c2o1. The summed E-state index contributed by atoms with van der Waals surface area (Å²) in [6.07, 6.45) is 8.40. The predicted molar refractivity (Wildman–Crippen MR) is 101 cm³/mol. The summed E-state index contributed by atoms with van der Waals surface area (Å²) in [6, 6.07) is 5.53. The minimum absolute atomic E-state index is 0.217. The second kappa shape index (κ2) is 6.51. The van der Waals surface area contributed by atoms with Gasteiger partial charge in [0.05, 0.1) is 10.5 Å². The average Bonchev–Trinajstić information content (AvgIpc) is 3.16. The third-order valence-corrected chi connectivity index (χ3v) is 4.52. The molecule has 0 bridgehead atoms. The molecule has 4 rings (SSSR count). The lowest BCUT2D eigenvalue weighted by Gasteiger charge is -1.92. The van der Waals surface area contributed by atoms with Crippen molar-refractivity contribution in [3.63, 3.8) is 0 Å². The number of carbonyl (C=O) groups excluding carboxylic acids is 1. The second-order valence-electron chi connectivity index (χ2n) is 5.10. The van der Waals surface area contributed by atoms with Crippen LogP contribution in [-0.2, 0) is 4.79 Å². The van der Waals surface area contributed by atoms with Crippen molar-refractivity contribution in [3.8, 4) is 11.8 Å². The molecule has 0 atom stereocenters. The number of amides is 1. The van der Waals surface area contributed by atoms with Crippen LogP contribution in [0.15, 0.2) is 52.3 Å². The quantitative estimate of drug-likeness (QED) is 0.407. The molecule has 1 saturated heterocycles. The second-order valence-corrected chi connectivity index (χ2v) is 6.82. The van der Waals surface area contributed by atoms with E-state index in [4.69, 9.17) is 16.6 Å². The molecule has 1 N–H and O–H groups in total. The van der Waals surface area contributed by atoms with E-state index in [9.17, 15) is 4.79 Å². The summed E-state index contributed by atoms with van der Waals surface area (Å²) in [7, 11) is 0. The Morgan fingerprint density at radius 3 is 2.92 bits per heavy atom. The summed E-state index contributed by atoms with van der Waals surface area (Å²) in [6.45, 7) is 0. The molecular formula is C18H9N3O2S2. The number of nitrogens with one attached hydrogen (secondary N) is 1. The molecule has 7 heteroatoms. The van der Waals surface area contributed by atoms with Crippen LogP contribution in [0.3, 0.4) is 0 Å². The predicted octanol–water partition coefficient (Wildman–Crippen LogP) is 3.11. The topological polar surface area (TPSA) is 68.0 Å². The molecule has 1 fully saturated rings. The first-order valence-electron chi connectivity index (χ1n) is 7.23. The van der Waals surface area contributed by atoms with Gasteiger partial charge in [-0.25, -0.2) is 0 Å². The minimum Gasteiger partial charge on any atom is -0.455 e. The van der Waals surface area contributed by atoms with Crippen molar-refractivity contribution in [2.75, 3.05) is 0 Å². The number of nitrogens with zero attached hydrogens (tertiary/aromatic N) is 2. The van der Waals surface area contributed by atoms with E-state index < -0.39 is 0 Å². The number of hydrogen-bond donors (Lipinski definition) is 1. The number of thioether (sulfide) groups is 1. The number of fused-ring (bicyclic) bond motifs is 1. The first-order valence-corrected chi connectivity index (χ1v) is 8.46. The molecular weight excluding hydrogens is 354 g/mol. The van der Waals surface area contributed by atoms with Crippen molar-refractivity contribution in [1.29, 1.82) is 0 Å². The number of carbonyl (C=O) groups is 1. The van der Waals surface area contributed by atoms with Gasteiger partial charge in [0, 0.05) is 41.8 Å². The third kappa shape index (κ3) is 3.31. The zero-order valence-corrected chi connectivity index (χ0v) is 14.3. The Hall–Kier alpha value is -2.95. The first kappa shape index (κ1) is 15.6. The number of thiocarbonyl (C=S) groups is 1. The maximum absolute atomic E-state index is 11.8. The smallest absolute Gasteiger partial charge is 0.263 e. The zero-order chi connectivity index (χ0) is 17.2. The molecule has 0 aromatic carbocycles. The van der Waals surface area contributed by atoms with Gasteiger partial charge in [-0.15, -0.1) is 0 Å². The lowest BCUT2D eigenvalue weighted by Crippen LogP contribution is -2.17. The Labute approximate surface area is 152 Å². The van der Waals surface area contributed by atoms with E-state index in [1.54, 1.807) is 30.9 Å². The van der Waals surface area contributed by atoms with Gasteiger partial charge in [-0.3, -0.25) is 14.8 Å². The molecule has 0 aliphatic carbocycles. The van der Waals surface area contributed by atoms with Crippen LogP contribution in [0.2, 0.25) is 0 Å². The van der Waals surface area contributed by atoms with Gasteiger partial charge in [0.1, 0.15) is 10.1 Å². The summed E-state index contributed by atoms with van der Waals surface area (Å²) in [5, 5.41) is 3.39. The number of hydrogen-bond acceptors (Lipinski definition) is 6. The highest BCUT2D eigenvalue weighted by molar-refractivity contribution is 8.26. The minimum atomic E-state index is -0.217. The molecule has 25 heavy (non-hydrogen) atoms. The molecule has 3 aromatic heterocycles. The summed E-state index contributed by atoms with van der Waals surface area (Å²) < 4.78 is 6.30. The van der Waals surface area contributed by atoms with E-state index >= 15 is 0 Å². The molecule has 0 spiro atoms. The van der Waals surface area contributed by atoms with E-state index in [1.165, 1.54) is 11.8 Å². The summed E-state index contributed by atoms with van der Waals surface area (Å²) in [5.41, 5.74) is 2.11. The Bertz CT molecular complexity index is 1090. The van der Waals surface area contributed by atoms with Crippen molar-refractivity contribution in [2.24, 2.45) is 0 Å². The number of aromatic nitrogens is 2. The van der Waals surface area contributed by atoms with Crippen molar-refractivity contribution < 1.29 is 9.21 Å². The molecule has 1 amide bonds. The van der Waals surface area contributed by atoms with Crippen molar-refractivity contribution >= 4 is 51.3 Å². The van der Waals surface area contributed by atoms with Crippen molar-refractivity contribution in [2.45, 2.75) is 0 Å². The van der Waals surface area contributed by atoms with Crippen LogP contribution in [0.4, 0.5) is 0 Å². The monoisotopic (exact) mass is 363 g/mol. The zero-order valence-electron chi connectivity index (χ0n) is 12.6. The summed E-state index contributed by atoms with van der Waals surface area (Å²) in [5.74, 6) is 6.42. The molecule has 5 nitrogen and oxygen atoms in total. The number of furan rings is 1. The number of pyridine rings is 2. The van der Waals surface area contributed by atoms with Crippen LogP contribution < -0.4 is 5.32 Å². The Balaban J connectivity index is 1.72. The fourth-order valence-corrected chi connectivity index (χ4v) is 3.29. The van der Waals surface area contributed by atoms with Crippen LogP contribution in [0, 0.1) is 11.8 Å². The maximum Gasteiger partial charge on any atom is 0.263 e. The lowest BCUT2D eigenvalue weighted by atomic mass is 10.2. The van der Waals surface area contributed by atoms with Gasteiger partial charge in [0.15, 0.2) is 5.58 Å². The molecule has 4 heterocycles. The summed E-state index contributed by atoms with van der Waals surface area (Å²) >= 11 is 6.19. The highest BCUT2D eigenvalue weighted by Crippen LogP contribution is 2.29. The van der Waals surface area contributed by atoms with Crippen LogP contribution in [0.25, 0.3) is 17.0 Å². The molecule has 0 saturated carbocycles. The first-order chi connectivity index (χ1) is 12.2. The Morgan fingerprint density at radius 2 is 2.16 bits per heavy atom. The van der Waals surface area contributed by atoms with E-state index in [1.807, 2.05) is 18.2 Å². The van der Waals surface area contributed by atoms with Gasteiger partial charge < -0.3 is 9.73 Å². The Morgan fingerprint density at radius 1 is 1.24 bits per heavy atom. The molecule has 1 aliphatic heterocycles. The number of rotatable bonds is 1. The third-order valence-electron chi connectivity index (χ3n) is 3.36. The average molecular weight is 363 g/mol. The van der Waals surface area contributed by atoms with Crippen LogP contribution >= 0.6 is 24.0 Å². The van der Waals surface area contributed by atoms with E-state index in [2.05, 4.69) is 27.1 Å². The largest absolute Gasteiger partial charge is 0.455 e. The Kier molecular flexibility index (Phi) is 4.06. The lowest BCUT2D eigenvalue weighted by molar-refractivity contribution is -0.115. The van der Waals surface area contributed by atoms with Gasteiger partial charge in [-0.1, -0.05) is 35.8 Å². The molecule has 0 radical (unpaired) electrons. The van der Waals surface area contributed by atoms with Crippen molar-refractivity contribution in [3.05, 3.63) is 64.8 Å². The van der Waals surface area contributed by atoms with Crippen LogP contribution in [0.5, 0.6) is 0 Å². The summed E-state index contributed by atoms with van der Waals surface area (Å²) in [4.78, 5) is 20.5. The fraction of sp³-hybridized carbons (Fsp3) is 0. The van der Waals surface area contributed by atoms with E-state index in [0.29, 0.717) is 26.1 Å². The molecule has 1 aliphatic rings. The van der Waals surface area contributed by atoms with E-state index in [0.717, 1.165) is 10.9 Å². The maximum atomic E-state index is 11.8.